The second kappa shape index (κ2) is 13.2. The number of carbonyl (C=O) groups is 1. The van der Waals surface area contributed by atoms with E-state index in [1.54, 1.807) is 7.11 Å². The maximum absolute atomic E-state index is 13.4. The van der Waals surface area contributed by atoms with Gasteiger partial charge in [0.1, 0.15) is 5.75 Å². The van der Waals surface area contributed by atoms with Crippen LogP contribution in [0.25, 0.3) is 0 Å². The van der Waals surface area contributed by atoms with Gasteiger partial charge in [-0.1, -0.05) is 84.9 Å². The van der Waals surface area contributed by atoms with Gasteiger partial charge in [0.15, 0.2) is 0 Å². The molecule has 6 rings (SSSR count). The molecule has 42 heavy (non-hydrogen) atoms. The molecule has 4 aromatic carbocycles. The van der Waals surface area contributed by atoms with Crippen molar-refractivity contribution in [2.75, 3.05) is 64.4 Å². The molecule has 0 unspecified atom stereocenters. The van der Waals surface area contributed by atoms with Crippen LogP contribution in [0.4, 0.5) is 5.69 Å². The molecule has 1 amide bonds. The van der Waals surface area contributed by atoms with E-state index in [0.29, 0.717) is 0 Å². The van der Waals surface area contributed by atoms with Gasteiger partial charge < -0.3 is 14.5 Å². The summed E-state index contributed by atoms with van der Waals surface area (Å²) >= 11 is 0. The highest BCUT2D eigenvalue weighted by Crippen LogP contribution is 2.30. The van der Waals surface area contributed by atoms with Crippen molar-refractivity contribution < 1.29 is 9.53 Å². The van der Waals surface area contributed by atoms with Crippen molar-refractivity contribution in [3.8, 4) is 5.75 Å². The van der Waals surface area contributed by atoms with E-state index in [9.17, 15) is 4.79 Å². The predicted octanol–water partition coefficient (Wildman–Crippen LogP) is 5.56. The number of para-hydroxylation sites is 2. The SMILES string of the molecule is COc1ccccc1N1CCN(Cc2ccc(C(=O)N3CCN(C(c4ccccc4)c4ccccc4)CC3)cc2)CC1. The molecule has 2 aliphatic rings. The molecular weight excluding hydrogens is 520 g/mol. The molecule has 2 aliphatic heterocycles. The van der Waals surface area contributed by atoms with Gasteiger partial charge in [-0.15, -0.1) is 0 Å². The summed E-state index contributed by atoms with van der Waals surface area (Å²) in [5.74, 6) is 1.06. The molecule has 0 bridgehead atoms. The maximum Gasteiger partial charge on any atom is 0.253 e. The van der Waals surface area contributed by atoms with Crippen molar-refractivity contribution >= 4 is 11.6 Å². The minimum absolute atomic E-state index is 0.127. The van der Waals surface area contributed by atoms with E-state index in [1.165, 1.54) is 22.4 Å². The average Bonchev–Trinajstić information content (AvgIpc) is 3.07. The van der Waals surface area contributed by atoms with Gasteiger partial charge in [-0.05, 0) is 41.0 Å². The Balaban J connectivity index is 1.03. The standard InChI is InChI=1S/C36H40N4O2/c1-42-34-15-9-8-14-33(34)38-22-20-37(21-23-38)28-29-16-18-32(19-17-29)36(41)40-26-24-39(25-27-40)35(30-10-4-2-5-11-30)31-12-6-3-7-13-31/h2-19,35H,20-28H2,1H3. The monoisotopic (exact) mass is 560 g/mol. The van der Waals surface area contributed by atoms with Gasteiger partial charge >= 0.3 is 0 Å². The van der Waals surface area contributed by atoms with Crippen LogP contribution >= 0.6 is 0 Å². The Morgan fingerprint density at radius 3 is 1.83 bits per heavy atom. The third kappa shape index (κ3) is 6.35. The molecule has 4 aromatic rings. The lowest BCUT2D eigenvalue weighted by molar-refractivity contribution is 0.0597. The summed E-state index contributed by atoms with van der Waals surface area (Å²) < 4.78 is 5.56. The molecule has 0 spiro atoms. The molecule has 0 aliphatic carbocycles. The third-order valence-corrected chi connectivity index (χ3v) is 8.60. The zero-order valence-electron chi connectivity index (χ0n) is 24.4. The summed E-state index contributed by atoms with van der Waals surface area (Å²) in [5.41, 5.74) is 5.77. The Morgan fingerprint density at radius 2 is 1.24 bits per heavy atom. The van der Waals surface area contributed by atoms with Crippen LogP contribution in [0.15, 0.2) is 109 Å². The molecule has 2 heterocycles. The number of hydrogen-bond acceptors (Lipinski definition) is 5. The minimum atomic E-state index is 0.127. The molecule has 0 N–H and O–H groups in total. The Hall–Kier alpha value is -4.13. The van der Waals surface area contributed by atoms with Gasteiger partial charge in [0, 0.05) is 64.5 Å². The second-order valence-corrected chi connectivity index (χ2v) is 11.2. The molecule has 6 nitrogen and oxygen atoms in total. The smallest absolute Gasteiger partial charge is 0.253 e. The summed E-state index contributed by atoms with van der Waals surface area (Å²) in [6, 6.07) is 38.1. The summed E-state index contributed by atoms with van der Waals surface area (Å²) in [5, 5.41) is 0. The Morgan fingerprint density at radius 1 is 0.667 bits per heavy atom. The normalized spacial score (nSPS) is 16.5. The van der Waals surface area contributed by atoms with E-state index in [0.717, 1.165) is 70.2 Å². The molecule has 2 fully saturated rings. The predicted molar refractivity (Wildman–Crippen MR) is 169 cm³/mol. The Labute approximate surface area is 249 Å². The number of rotatable bonds is 8. The fraction of sp³-hybridized carbons (Fsp3) is 0.306. The van der Waals surface area contributed by atoms with Gasteiger partial charge in [0.2, 0.25) is 0 Å². The minimum Gasteiger partial charge on any atom is -0.495 e. The molecule has 6 heteroatoms. The first-order valence-electron chi connectivity index (χ1n) is 15.0. The number of piperazine rings is 2. The number of hydrogen-bond donors (Lipinski definition) is 0. The summed E-state index contributed by atoms with van der Waals surface area (Å²) in [6.07, 6.45) is 0. The molecule has 2 saturated heterocycles. The first-order valence-corrected chi connectivity index (χ1v) is 15.0. The van der Waals surface area contributed by atoms with Crippen molar-refractivity contribution in [1.82, 2.24) is 14.7 Å². The Kier molecular flexibility index (Phi) is 8.83. The molecule has 0 atom stereocenters. The second-order valence-electron chi connectivity index (χ2n) is 11.2. The number of nitrogens with zero attached hydrogens (tertiary/aromatic N) is 4. The number of anilines is 1. The number of methoxy groups -OCH3 is 1. The maximum atomic E-state index is 13.4. The quantitative estimate of drug-likeness (QED) is 0.282. The first kappa shape index (κ1) is 28.0. The van der Waals surface area contributed by atoms with Crippen molar-refractivity contribution in [2.45, 2.75) is 12.6 Å². The van der Waals surface area contributed by atoms with Crippen molar-refractivity contribution in [1.29, 1.82) is 0 Å². The van der Waals surface area contributed by atoms with E-state index in [4.69, 9.17) is 4.74 Å². The summed E-state index contributed by atoms with van der Waals surface area (Å²) in [4.78, 5) is 22.8. The molecule has 0 saturated carbocycles. The molecular formula is C36H40N4O2. The lowest BCUT2D eigenvalue weighted by Crippen LogP contribution is -2.49. The highest BCUT2D eigenvalue weighted by molar-refractivity contribution is 5.94. The zero-order chi connectivity index (χ0) is 28.7. The first-order chi connectivity index (χ1) is 20.7. The number of ether oxygens (including phenoxy) is 1. The van der Waals surface area contributed by atoms with Crippen molar-refractivity contribution in [3.05, 3.63) is 131 Å². The lowest BCUT2D eigenvalue weighted by atomic mass is 9.96. The molecule has 0 aromatic heterocycles. The summed E-state index contributed by atoms with van der Waals surface area (Å²) in [7, 11) is 1.73. The topological polar surface area (TPSA) is 39.3 Å². The number of amides is 1. The summed E-state index contributed by atoms with van der Waals surface area (Å²) in [6.45, 7) is 7.98. The van der Waals surface area contributed by atoms with E-state index in [1.807, 2.05) is 29.2 Å². The molecule has 0 radical (unpaired) electrons. The van der Waals surface area contributed by atoms with Gasteiger partial charge in [-0.3, -0.25) is 14.6 Å². The van der Waals surface area contributed by atoms with Crippen molar-refractivity contribution in [3.63, 3.8) is 0 Å². The van der Waals surface area contributed by atoms with Crippen LogP contribution < -0.4 is 9.64 Å². The average molecular weight is 561 g/mol. The van der Waals surface area contributed by atoms with E-state index in [-0.39, 0.29) is 11.9 Å². The highest BCUT2D eigenvalue weighted by atomic mass is 16.5. The van der Waals surface area contributed by atoms with E-state index < -0.39 is 0 Å². The van der Waals surface area contributed by atoms with Gasteiger partial charge in [-0.25, -0.2) is 0 Å². The van der Waals surface area contributed by atoms with Crippen LogP contribution in [0.1, 0.15) is 33.1 Å². The molecule has 216 valence electrons. The Bertz CT molecular complexity index is 1390. The van der Waals surface area contributed by atoms with Crippen LogP contribution in [-0.2, 0) is 6.54 Å². The van der Waals surface area contributed by atoms with Gasteiger partial charge in [0.05, 0.1) is 18.8 Å². The fourth-order valence-electron chi connectivity index (χ4n) is 6.30. The van der Waals surface area contributed by atoms with Crippen LogP contribution in [0.3, 0.4) is 0 Å². The van der Waals surface area contributed by atoms with Crippen LogP contribution in [0, 0.1) is 0 Å². The van der Waals surface area contributed by atoms with E-state index >= 15 is 0 Å². The van der Waals surface area contributed by atoms with Crippen LogP contribution in [0.5, 0.6) is 5.75 Å². The van der Waals surface area contributed by atoms with Gasteiger partial charge in [-0.2, -0.15) is 0 Å². The van der Waals surface area contributed by atoms with Crippen LogP contribution in [-0.4, -0.2) is 80.1 Å². The fourth-order valence-corrected chi connectivity index (χ4v) is 6.30. The lowest BCUT2D eigenvalue weighted by Gasteiger charge is -2.40. The van der Waals surface area contributed by atoms with E-state index in [2.05, 4.69) is 99.6 Å². The highest BCUT2D eigenvalue weighted by Gasteiger charge is 2.28. The van der Waals surface area contributed by atoms with Crippen molar-refractivity contribution in [2.24, 2.45) is 0 Å². The largest absolute Gasteiger partial charge is 0.495 e. The van der Waals surface area contributed by atoms with Gasteiger partial charge in [0.25, 0.3) is 5.91 Å². The third-order valence-electron chi connectivity index (χ3n) is 8.60. The van der Waals surface area contributed by atoms with Crippen LogP contribution in [0.2, 0.25) is 0 Å². The zero-order valence-corrected chi connectivity index (χ0v) is 24.4. The number of benzene rings is 4. The number of carbonyl (C=O) groups excluding carboxylic acids is 1.